The average Bonchev–Trinajstić information content (AvgIpc) is 3.06. The van der Waals surface area contributed by atoms with E-state index in [4.69, 9.17) is 0 Å². The lowest BCUT2D eigenvalue weighted by Crippen LogP contribution is -2.29. The van der Waals surface area contributed by atoms with Crippen LogP contribution in [0, 0.1) is 5.92 Å². The molecule has 1 aliphatic carbocycles. The lowest BCUT2D eigenvalue weighted by atomic mass is 10.2. The lowest BCUT2D eigenvalue weighted by molar-refractivity contribution is -0.115. The van der Waals surface area contributed by atoms with Gasteiger partial charge in [-0.15, -0.1) is 12.4 Å². The van der Waals surface area contributed by atoms with Crippen molar-refractivity contribution in [1.82, 2.24) is 15.5 Å². The van der Waals surface area contributed by atoms with E-state index >= 15 is 0 Å². The monoisotopic (exact) mass is 280 g/mol. The van der Waals surface area contributed by atoms with Crippen molar-refractivity contribution in [3.63, 3.8) is 0 Å². The molecule has 0 aliphatic heterocycles. The minimum Gasteiger partial charge on any atom is -0.325 e. The third-order valence-electron chi connectivity index (χ3n) is 3.14. The summed E-state index contributed by atoms with van der Waals surface area (Å²) in [5, 5.41) is 13.9. The molecule has 6 heteroatoms. The molecule has 1 heterocycles. The second kappa shape index (κ2) is 6.04. The molecule has 102 valence electrons. The second-order valence-electron chi connectivity index (χ2n) is 4.79. The number of halogens is 1. The summed E-state index contributed by atoms with van der Waals surface area (Å²) < 4.78 is 0. The second-order valence-corrected chi connectivity index (χ2v) is 4.79. The zero-order valence-corrected chi connectivity index (χ0v) is 11.3. The largest absolute Gasteiger partial charge is 0.325 e. The zero-order valence-electron chi connectivity index (χ0n) is 10.5. The minimum absolute atomic E-state index is 0. The van der Waals surface area contributed by atoms with Gasteiger partial charge in [-0.05, 0) is 43.5 Å². The summed E-state index contributed by atoms with van der Waals surface area (Å²) in [6, 6.07) is 5.71. The number of rotatable bonds is 5. The highest BCUT2D eigenvalue weighted by atomic mass is 35.5. The first kappa shape index (κ1) is 13.8. The van der Waals surface area contributed by atoms with Crippen LogP contribution < -0.4 is 10.6 Å². The molecule has 0 unspecified atom stereocenters. The first-order valence-corrected chi connectivity index (χ1v) is 6.25. The summed E-state index contributed by atoms with van der Waals surface area (Å²) in [5.41, 5.74) is 1.73. The number of hydrogen-bond acceptors (Lipinski definition) is 3. The molecule has 0 atom stereocenters. The number of aromatic nitrogens is 2. The van der Waals surface area contributed by atoms with E-state index in [1.54, 1.807) is 6.20 Å². The van der Waals surface area contributed by atoms with Crippen molar-refractivity contribution >= 4 is 34.9 Å². The first-order chi connectivity index (χ1) is 8.81. The van der Waals surface area contributed by atoms with Crippen LogP contribution in [-0.2, 0) is 4.79 Å². The highest BCUT2D eigenvalue weighted by Crippen LogP contribution is 2.27. The van der Waals surface area contributed by atoms with E-state index in [1.165, 1.54) is 12.8 Å². The van der Waals surface area contributed by atoms with Gasteiger partial charge in [0.05, 0.1) is 18.3 Å². The SMILES string of the molecule is Cl.O=C(CNCC1CC1)Nc1ccc2cn[nH]c2c1. The zero-order chi connectivity index (χ0) is 12.4. The van der Waals surface area contributed by atoms with Crippen LogP contribution in [-0.4, -0.2) is 29.2 Å². The van der Waals surface area contributed by atoms with Crippen molar-refractivity contribution in [2.75, 3.05) is 18.4 Å². The van der Waals surface area contributed by atoms with Crippen LogP contribution in [0.4, 0.5) is 5.69 Å². The smallest absolute Gasteiger partial charge is 0.238 e. The molecule has 0 bridgehead atoms. The summed E-state index contributed by atoms with van der Waals surface area (Å²) in [4.78, 5) is 11.7. The van der Waals surface area contributed by atoms with Crippen LogP contribution in [0.2, 0.25) is 0 Å². The van der Waals surface area contributed by atoms with E-state index in [0.717, 1.165) is 29.1 Å². The lowest BCUT2D eigenvalue weighted by Gasteiger charge is -2.06. The molecule has 2 aromatic rings. The molecule has 1 amide bonds. The first-order valence-electron chi connectivity index (χ1n) is 6.25. The maximum Gasteiger partial charge on any atom is 0.238 e. The number of H-pyrrole nitrogens is 1. The third-order valence-corrected chi connectivity index (χ3v) is 3.14. The van der Waals surface area contributed by atoms with Crippen molar-refractivity contribution in [3.05, 3.63) is 24.4 Å². The standard InChI is InChI=1S/C13H16N4O.ClH/c18-13(8-14-6-9-1-2-9)16-11-4-3-10-7-15-17-12(10)5-11;/h3-5,7,9,14H,1-2,6,8H2,(H,15,17)(H,16,18);1H. The van der Waals surface area contributed by atoms with Crippen LogP contribution in [0.3, 0.4) is 0 Å². The Morgan fingerprint density at radius 2 is 2.26 bits per heavy atom. The van der Waals surface area contributed by atoms with Crippen LogP contribution in [0.25, 0.3) is 10.9 Å². The number of nitrogens with one attached hydrogen (secondary N) is 3. The molecule has 1 saturated carbocycles. The molecule has 0 radical (unpaired) electrons. The van der Waals surface area contributed by atoms with Gasteiger partial charge in [0.1, 0.15) is 0 Å². The number of hydrogen-bond donors (Lipinski definition) is 3. The highest BCUT2D eigenvalue weighted by molar-refractivity contribution is 5.94. The van der Waals surface area contributed by atoms with Crippen molar-refractivity contribution in [3.8, 4) is 0 Å². The molecule has 3 N–H and O–H groups in total. The van der Waals surface area contributed by atoms with Crippen molar-refractivity contribution in [2.45, 2.75) is 12.8 Å². The molecule has 5 nitrogen and oxygen atoms in total. The summed E-state index contributed by atoms with van der Waals surface area (Å²) in [7, 11) is 0. The molecule has 19 heavy (non-hydrogen) atoms. The Balaban J connectivity index is 0.00000133. The Bertz CT molecular complexity index is 565. The Labute approximate surface area is 117 Å². The Hall–Kier alpha value is -1.59. The fourth-order valence-corrected chi connectivity index (χ4v) is 1.93. The van der Waals surface area contributed by atoms with Crippen molar-refractivity contribution in [1.29, 1.82) is 0 Å². The summed E-state index contributed by atoms with van der Waals surface area (Å²) >= 11 is 0. The van der Waals surface area contributed by atoms with Crippen LogP contribution in [0.1, 0.15) is 12.8 Å². The molecule has 1 aromatic heterocycles. The van der Waals surface area contributed by atoms with E-state index in [1.807, 2.05) is 18.2 Å². The van der Waals surface area contributed by atoms with E-state index < -0.39 is 0 Å². The fourth-order valence-electron chi connectivity index (χ4n) is 1.93. The molecule has 3 rings (SSSR count). The molecular weight excluding hydrogens is 264 g/mol. The normalized spacial score (nSPS) is 14.1. The maximum absolute atomic E-state index is 11.7. The fraction of sp³-hybridized carbons (Fsp3) is 0.385. The quantitative estimate of drug-likeness (QED) is 0.784. The number of benzene rings is 1. The van der Waals surface area contributed by atoms with E-state index in [0.29, 0.717) is 6.54 Å². The van der Waals surface area contributed by atoms with Gasteiger partial charge in [0.25, 0.3) is 0 Å². The van der Waals surface area contributed by atoms with Gasteiger partial charge in [-0.3, -0.25) is 9.89 Å². The predicted octanol–water partition coefficient (Wildman–Crippen LogP) is 1.92. The van der Waals surface area contributed by atoms with Gasteiger partial charge in [0.15, 0.2) is 0 Å². The molecule has 1 aromatic carbocycles. The van der Waals surface area contributed by atoms with Crippen LogP contribution >= 0.6 is 12.4 Å². The van der Waals surface area contributed by atoms with Gasteiger partial charge in [-0.25, -0.2) is 0 Å². The Morgan fingerprint density at radius 3 is 3.05 bits per heavy atom. The molecular formula is C13H17ClN4O. The molecule has 1 aliphatic rings. The predicted molar refractivity (Wildman–Crippen MR) is 77.6 cm³/mol. The highest BCUT2D eigenvalue weighted by Gasteiger charge is 2.20. The number of amides is 1. The number of aromatic amines is 1. The third kappa shape index (κ3) is 3.68. The van der Waals surface area contributed by atoms with Gasteiger partial charge in [0.2, 0.25) is 5.91 Å². The van der Waals surface area contributed by atoms with E-state index in [9.17, 15) is 4.79 Å². The minimum atomic E-state index is -0.00508. The van der Waals surface area contributed by atoms with Gasteiger partial charge in [-0.1, -0.05) is 0 Å². The summed E-state index contributed by atoms with van der Waals surface area (Å²) in [6.45, 7) is 1.32. The summed E-state index contributed by atoms with van der Waals surface area (Å²) in [5.74, 6) is 0.786. The number of carbonyl (C=O) groups excluding carboxylic acids is 1. The summed E-state index contributed by atoms with van der Waals surface area (Å²) in [6.07, 6.45) is 4.36. The van der Waals surface area contributed by atoms with E-state index in [2.05, 4.69) is 20.8 Å². The number of fused-ring (bicyclic) bond motifs is 1. The van der Waals surface area contributed by atoms with Gasteiger partial charge in [-0.2, -0.15) is 5.10 Å². The van der Waals surface area contributed by atoms with Crippen molar-refractivity contribution in [2.24, 2.45) is 5.92 Å². The maximum atomic E-state index is 11.7. The van der Waals surface area contributed by atoms with Crippen molar-refractivity contribution < 1.29 is 4.79 Å². The molecule has 0 spiro atoms. The van der Waals surface area contributed by atoms with E-state index in [-0.39, 0.29) is 18.3 Å². The van der Waals surface area contributed by atoms with Gasteiger partial charge >= 0.3 is 0 Å². The molecule has 1 fully saturated rings. The topological polar surface area (TPSA) is 69.8 Å². The van der Waals surface area contributed by atoms with Gasteiger partial charge < -0.3 is 10.6 Å². The number of anilines is 1. The molecule has 0 saturated heterocycles. The number of nitrogens with zero attached hydrogens (tertiary/aromatic N) is 1. The Morgan fingerprint density at radius 1 is 1.42 bits per heavy atom. The number of carbonyl (C=O) groups is 1. The van der Waals surface area contributed by atoms with Crippen LogP contribution in [0.15, 0.2) is 24.4 Å². The van der Waals surface area contributed by atoms with Gasteiger partial charge in [0, 0.05) is 11.1 Å². The van der Waals surface area contributed by atoms with Crippen LogP contribution in [0.5, 0.6) is 0 Å². The average molecular weight is 281 g/mol. The Kier molecular flexibility index (Phi) is 4.39.